The Morgan fingerprint density at radius 1 is 1.27 bits per heavy atom. The van der Waals surface area contributed by atoms with E-state index in [1.807, 2.05) is 20.8 Å². The van der Waals surface area contributed by atoms with E-state index in [2.05, 4.69) is 21.0 Å². The molecule has 3 N–H and O–H groups in total. The molecule has 0 aromatic carbocycles. The smallest absolute Gasteiger partial charge is 0.242 e. The number of halogens is 1. The lowest BCUT2D eigenvalue weighted by atomic mass is 10.1. The van der Waals surface area contributed by atoms with Crippen molar-refractivity contribution >= 4 is 24.2 Å². The second-order valence-corrected chi connectivity index (χ2v) is 6.14. The molecule has 0 saturated carbocycles. The van der Waals surface area contributed by atoms with Gasteiger partial charge in [0.05, 0.1) is 6.20 Å². The molecule has 0 fully saturated rings. The molecule has 0 saturated heterocycles. The molecule has 0 spiro atoms. The number of hydrogen-bond acceptors (Lipinski definition) is 4. The maximum Gasteiger partial charge on any atom is 0.242 e. The molecule has 1 rings (SSSR count). The third kappa shape index (κ3) is 6.03. The lowest BCUT2D eigenvalue weighted by Crippen LogP contribution is -2.52. The highest BCUT2D eigenvalue weighted by atomic mass is 35.5. The van der Waals surface area contributed by atoms with Gasteiger partial charge in [-0.05, 0) is 34.7 Å². The van der Waals surface area contributed by atoms with Crippen LogP contribution < -0.4 is 16.0 Å². The Hall–Kier alpha value is -1.60. The predicted octanol–water partition coefficient (Wildman–Crippen LogP) is 0.522. The minimum Gasteiger partial charge on any atom is -0.350 e. The van der Waals surface area contributed by atoms with Crippen LogP contribution in [0.1, 0.15) is 39.3 Å². The fraction of sp³-hybridized carbons (Fsp3) is 0.643. The van der Waals surface area contributed by atoms with Gasteiger partial charge in [0.2, 0.25) is 11.8 Å². The summed E-state index contributed by atoms with van der Waals surface area (Å²) in [6.07, 6.45) is 3.39. The van der Waals surface area contributed by atoms with Gasteiger partial charge in [0.25, 0.3) is 0 Å². The summed E-state index contributed by atoms with van der Waals surface area (Å²) < 4.78 is 1.63. The van der Waals surface area contributed by atoms with Crippen LogP contribution in [0, 0.1) is 0 Å². The summed E-state index contributed by atoms with van der Waals surface area (Å²) in [5.74, 6) is -0.473. The van der Waals surface area contributed by atoms with Gasteiger partial charge in [0, 0.05) is 24.3 Å². The number of aryl methyl sites for hydroxylation is 1. The van der Waals surface area contributed by atoms with Gasteiger partial charge in [0.1, 0.15) is 12.1 Å². The van der Waals surface area contributed by atoms with Crippen molar-refractivity contribution in [3.8, 4) is 0 Å². The molecule has 0 aliphatic carbocycles. The van der Waals surface area contributed by atoms with E-state index in [-0.39, 0.29) is 29.8 Å². The lowest BCUT2D eigenvalue weighted by Gasteiger charge is -2.24. The Kier molecular flexibility index (Phi) is 7.55. The molecule has 2 amide bonds. The van der Waals surface area contributed by atoms with E-state index in [0.29, 0.717) is 0 Å². The molecule has 0 aliphatic heterocycles. The molecule has 1 aromatic heterocycles. The highest BCUT2D eigenvalue weighted by molar-refractivity contribution is 5.90. The zero-order valence-corrected chi connectivity index (χ0v) is 14.7. The van der Waals surface area contributed by atoms with Crippen LogP contribution in [0.25, 0.3) is 0 Å². The van der Waals surface area contributed by atoms with Crippen molar-refractivity contribution < 1.29 is 9.59 Å². The van der Waals surface area contributed by atoms with Gasteiger partial charge in [-0.25, -0.2) is 0 Å². The summed E-state index contributed by atoms with van der Waals surface area (Å²) >= 11 is 0. The average Bonchev–Trinajstić information content (AvgIpc) is 2.74. The van der Waals surface area contributed by atoms with Crippen molar-refractivity contribution in [3.63, 3.8) is 0 Å². The van der Waals surface area contributed by atoms with E-state index in [4.69, 9.17) is 0 Å². The molecule has 22 heavy (non-hydrogen) atoms. The number of nitrogens with zero attached hydrogens (tertiary/aromatic N) is 2. The fourth-order valence-corrected chi connectivity index (χ4v) is 1.88. The first-order valence-corrected chi connectivity index (χ1v) is 6.92. The van der Waals surface area contributed by atoms with Crippen molar-refractivity contribution in [1.29, 1.82) is 0 Å². The van der Waals surface area contributed by atoms with Gasteiger partial charge >= 0.3 is 0 Å². The topological polar surface area (TPSA) is 88.1 Å². The summed E-state index contributed by atoms with van der Waals surface area (Å²) in [6, 6.07) is -1.15. The summed E-state index contributed by atoms with van der Waals surface area (Å²) in [5.41, 5.74) is 0.419. The number of aromatic nitrogens is 2. The van der Waals surface area contributed by atoms with Crippen LogP contribution in [0.4, 0.5) is 0 Å². The van der Waals surface area contributed by atoms with E-state index in [0.717, 1.165) is 5.56 Å². The maximum atomic E-state index is 12.3. The number of likely N-dealkylation sites (N-methyl/N-ethyl adjacent to an activating group) is 1. The van der Waals surface area contributed by atoms with Crippen LogP contribution in [-0.4, -0.2) is 40.2 Å². The monoisotopic (exact) mass is 331 g/mol. The molecular formula is C14H26ClN5O2. The van der Waals surface area contributed by atoms with Gasteiger partial charge in [-0.2, -0.15) is 5.10 Å². The van der Waals surface area contributed by atoms with Gasteiger partial charge in [-0.15, -0.1) is 12.4 Å². The van der Waals surface area contributed by atoms with E-state index >= 15 is 0 Å². The van der Waals surface area contributed by atoms with E-state index < -0.39 is 12.1 Å². The van der Waals surface area contributed by atoms with Crippen LogP contribution in [0.3, 0.4) is 0 Å². The molecule has 0 aliphatic rings. The van der Waals surface area contributed by atoms with Gasteiger partial charge in [0.15, 0.2) is 0 Å². The molecule has 2 unspecified atom stereocenters. The summed E-state index contributed by atoms with van der Waals surface area (Å²) in [7, 11) is 3.48. The van der Waals surface area contributed by atoms with Crippen molar-refractivity contribution in [2.75, 3.05) is 7.05 Å². The summed E-state index contributed by atoms with van der Waals surface area (Å²) in [5, 5.41) is 12.5. The quantitative estimate of drug-likeness (QED) is 0.734. The van der Waals surface area contributed by atoms with E-state index in [1.54, 1.807) is 38.1 Å². The fourth-order valence-electron chi connectivity index (χ4n) is 1.88. The number of nitrogens with one attached hydrogen (secondary N) is 3. The molecule has 1 aromatic rings. The predicted molar refractivity (Wildman–Crippen MR) is 87.8 cm³/mol. The lowest BCUT2D eigenvalue weighted by molar-refractivity contribution is -0.130. The maximum absolute atomic E-state index is 12.3. The van der Waals surface area contributed by atoms with Gasteiger partial charge in [-0.3, -0.25) is 14.3 Å². The second kappa shape index (κ2) is 8.14. The minimum absolute atomic E-state index is 0. The number of carbonyl (C=O) groups is 2. The molecule has 126 valence electrons. The number of rotatable bonds is 5. The standard InChI is InChI=1S/C14H25N5O2.ClH/c1-9(12(20)18-14(2,3)4)17-13(21)11(15-5)10-7-16-19(6)8-10;/h7-9,11,15H,1-6H3,(H,17,21)(H,18,20);1H. The first kappa shape index (κ1) is 20.4. The normalized spacial score (nSPS) is 13.7. The SMILES string of the molecule is CNC(C(=O)NC(C)C(=O)NC(C)(C)C)c1cnn(C)c1.Cl. The Labute approximate surface area is 137 Å². The summed E-state index contributed by atoms with van der Waals surface area (Å²) in [6.45, 7) is 7.34. The minimum atomic E-state index is -0.607. The number of carbonyl (C=O) groups excluding carboxylic acids is 2. The highest BCUT2D eigenvalue weighted by Crippen LogP contribution is 2.11. The van der Waals surface area contributed by atoms with Crippen LogP contribution in [0.2, 0.25) is 0 Å². The third-order valence-corrected chi connectivity index (χ3v) is 2.86. The van der Waals surface area contributed by atoms with Crippen LogP contribution in [0.5, 0.6) is 0 Å². The Morgan fingerprint density at radius 2 is 1.86 bits per heavy atom. The van der Waals surface area contributed by atoms with Crippen LogP contribution in [-0.2, 0) is 16.6 Å². The highest BCUT2D eigenvalue weighted by Gasteiger charge is 2.25. The van der Waals surface area contributed by atoms with Crippen LogP contribution >= 0.6 is 12.4 Å². The van der Waals surface area contributed by atoms with Crippen molar-refractivity contribution in [2.24, 2.45) is 7.05 Å². The number of hydrogen-bond donors (Lipinski definition) is 3. The molecule has 2 atom stereocenters. The zero-order chi connectivity index (χ0) is 16.2. The first-order chi connectivity index (χ1) is 9.64. The van der Waals surface area contributed by atoms with Gasteiger partial charge < -0.3 is 16.0 Å². The van der Waals surface area contributed by atoms with E-state index in [1.165, 1.54) is 0 Å². The van der Waals surface area contributed by atoms with Crippen molar-refractivity contribution in [2.45, 2.75) is 45.3 Å². The summed E-state index contributed by atoms with van der Waals surface area (Å²) in [4.78, 5) is 24.3. The molecule has 7 nitrogen and oxygen atoms in total. The molecule has 0 radical (unpaired) electrons. The number of amides is 2. The zero-order valence-electron chi connectivity index (χ0n) is 13.9. The van der Waals surface area contributed by atoms with Gasteiger partial charge in [-0.1, -0.05) is 0 Å². The Bertz CT molecular complexity index is 510. The van der Waals surface area contributed by atoms with Crippen molar-refractivity contribution in [3.05, 3.63) is 18.0 Å². The van der Waals surface area contributed by atoms with Crippen molar-refractivity contribution in [1.82, 2.24) is 25.7 Å². The molecule has 0 bridgehead atoms. The first-order valence-electron chi connectivity index (χ1n) is 6.92. The van der Waals surface area contributed by atoms with E-state index in [9.17, 15) is 9.59 Å². The largest absolute Gasteiger partial charge is 0.350 e. The molecule has 1 heterocycles. The second-order valence-electron chi connectivity index (χ2n) is 6.14. The van der Waals surface area contributed by atoms with Crippen LogP contribution in [0.15, 0.2) is 12.4 Å². The molecule has 8 heteroatoms. The molecular weight excluding hydrogens is 306 g/mol. The Balaban J connectivity index is 0.00000441. The Morgan fingerprint density at radius 3 is 2.27 bits per heavy atom. The third-order valence-electron chi connectivity index (χ3n) is 2.86. The average molecular weight is 332 g/mol.